The minimum absolute atomic E-state index is 0.00174. The Morgan fingerprint density at radius 1 is 1.12 bits per heavy atom. The van der Waals surface area contributed by atoms with E-state index in [0.29, 0.717) is 0 Å². The summed E-state index contributed by atoms with van der Waals surface area (Å²) in [5.41, 5.74) is -0.676. The van der Waals surface area contributed by atoms with Crippen LogP contribution in [0.15, 0.2) is 29.4 Å². The van der Waals surface area contributed by atoms with Crippen molar-refractivity contribution < 1.29 is 38.3 Å². The van der Waals surface area contributed by atoms with E-state index in [1.165, 1.54) is 23.5 Å². The fourth-order valence-electron chi connectivity index (χ4n) is 1.64. The van der Waals surface area contributed by atoms with Crippen LogP contribution in [0.3, 0.4) is 0 Å². The molecule has 0 atom stereocenters. The van der Waals surface area contributed by atoms with Crippen molar-refractivity contribution in [3.63, 3.8) is 0 Å². The highest BCUT2D eigenvalue weighted by Gasteiger charge is 2.33. The number of halogens is 6. The van der Waals surface area contributed by atoms with E-state index in [4.69, 9.17) is 74.5 Å². The molecule has 0 bridgehead atoms. The average Bonchev–Trinajstić information content (AvgIpc) is 2.69. The Morgan fingerprint density at radius 3 is 2.28 bits per heavy atom. The molecular formula is C15H9Cl6N3O8. The lowest BCUT2D eigenvalue weighted by molar-refractivity contribution is -0.130. The molecule has 0 radical (unpaired) electrons. The van der Waals surface area contributed by atoms with Gasteiger partial charge in [-0.1, -0.05) is 75.3 Å². The zero-order valence-corrected chi connectivity index (χ0v) is 19.9. The molecular weight excluding hydrogens is 563 g/mol. The Morgan fingerprint density at radius 2 is 1.75 bits per heavy atom. The number of alkyl halides is 5. The summed E-state index contributed by atoms with van der Waals surface area (Å²) in [5.74, 6) is -4.17. The summed E-state index contributed by atoms with van der Waals surface area (Å²) in [4.78, 5) is 61.7. The van der Waals surface area contributed by atoms with E-state index in [0.717, 1.165) is 13.2 Å². The second-order valence-corrected chi connectivity index (χ2v) is 8.78. The number of nitrogens with zero attached hydrogens (tertiary/aromatic N) is 2. The first-order valence-corrected chi connectivity index (χ1v) is 9.98. The highest BCUT2D eigenvalue weighted by Crippen LogP contribution is 2.25. The van der Waals surface area contributed by atoms with Crippen molar-refractivity contribution in [3.05, 3.63) is 29.8 Å². The fraction of sp³-hybridized carbons (Fsp3) is 0.200. The minimum atomic E-state index is -2.49. The summed E-state index contributed by atoms with van der Waals surface area (Å²) >= 11 is 32.0. The SMILES string of the molecule is CON=C(C(=O)OC(=O)NC(=O)C(Cl)(Cl)Cl)c1cccc(OC(=O)N(Cl)C(=O)C(Cl)Cl)c1. The van der Waals surface area contributed by atoms with Crippen molar-refractivity contribution in [3.8, 4) is 5.75 Å². The van der Waals surface area contributed by atoms with Crippen molar-refractivity contribution in [1.29, 1.82) is 0 Å². The quantitative estimate of drug-likeness (QED) is 0.141. The maximum absolute atomic E-state index is 12.3. The molecule has 17 heteroatoms. The number of esters is 1. The molecule has 0 saturated carbocycles. The van der Waals surface area contributed by atoms with Crippen LogP contribution in [0, 0.1) is 0 Å². The molecule has 0 aliphatic rings. The molecule has 0 spiro atoms. The first-order chi connectivity index (χ1) is 14.8. The highest BCUT2D eigenvalue weighted by molar-refractivity contribution is 6.76. The molecule has 1 aromatic carbocycles. The number of rotatable bonds is 5. The number of carbonyl (C=O) groups excluding carboxylic acids is 5. The largest absolute Gasteiger partial charge is 0.437 e. The fourth-order valence-corrected chi connectivity index (χ4v) is 2.21. The van der Waals surface area contributed by atoms with Gasteiger partial charge in [0.15, 0.2) is 10.5 Å². The van der Waals surface area contributed by atoms with Crippen molar-refractivity contribution in [2.45, 2.75) is 8.63 Å². The summed E-state index contributed by atoms with van der Waals surface area (Å²) in [6.07, 6.45) is -2.94. The van der Waals surface area contributed by atoms with Crippen molar-refractivity contribution in [2.75, 3.05) is 7.11 Å². The van der Waals surface area contributed by atoms with Gasteiger partial charge in [0.2, 0.25) is 0 Å². The van der Waals surface area contributed by atoms with Gasteiger partial charge >= 0.3 is 18.2 Å². The van der Waals surface area contributed by atoms with Crippen LogP contribution in [-0.4, -0.2) is 55.8 Å². The molecule has 0 aromatic heterocycles. The molecule has 11 nitrogen and oxygen atoms in total. The van der Waals surface area contributed by atoms with Crippen molar-refractivity contribution >= 4 is 105 Å². The molecule has 1 rings (SSSR count). The molecule has 0 fully saturated rings. The lowest BCUT2D eigenvalue weighted by Crippen LogP contribution is -2.40. The number of imide groups is 2. The number of carbonyl (C=O) groups is 5. The van der Waals surface area contributed by atoms with Crippen LogP contribution in [-0.2, 0) is 24.0 Å². The number of hydrogen-bond donors (Lipinski definition) is 1. The molecule has 174 valence electrons. The van der Waals surface area contributed by atoms with E-state index < -0.39 is 44.3 Å². The van der Waals surface area contributed by atoms with Crippen molar-refractivity contribution in [1.82, 2.24) is 9.74 Å². The van der Waals surface area contributed by atoms with E-state index in [-0.39, 0.29) is 15.7 Å². The standard InChI is InChI=1S/C15H9Cl6N3O8/c1-30-23-8(11(26)32-13(28)22-12(27)15(18,19)20)6-3-2-4-7(5-6)31-14(29)24(21)10(25)9(16)17/h2-5,9H,1H3,(H,22,27,28). The van der Waals surface area contributed by atoms with Gasteiger partial charge in [-0.3, -0.25) is 14.9 Å². The maximum Gasteiger partial charge on any atom is 0.437 e. The van der Waals surface area contributed by atoms with Crippen LogP contribution in [0.2, 0.25) is 0 Å². The Labute approximate surface area is 209 Å². The normalized spacial score (nSPS) is 11.4. The summed E-state index contributed by atoms with van der Waals surface area (Å²) < 4.78 is 6.77. The first kappa shape index (κ1) is 28.0. The van der Waals surface area contributed by atoms with Crippen LogP contribution in [0.25, 0.3) is 0 Å². The molecule has 0 heterocycles. The molecule has 1 N–H and O–H groups in total. The van der Waals surface area contributed by atoms with E-state index >= 15 is 0 Å². The Kier molecular flexibility index (Phi) is 10.8. The third kappa shape index (κ3) is 8.49. The van der Waals surface area contributed by atoms with E-state index in [9.17, 15) is 24.0 Å². The molecule has 32 heavy (non-hydrogen) atoms. The first-order valence-electron chi connectivity index (χ1n) is 7.63. The van der Waals surface area contributed by atoms with Gasteiger partial charge in [0, 0.05) is 17.3 Å². The number of ether oxygens (including phenoxy) is 2. The number of hydrogen-bond acceptors (Lipinski definition) is 9. The Bertz CT molecular complexity index is 949. The smallest absolute Gasteiger partial charge is 0.409 e. The van der Waals surface area contributed by atoms with Crippen LogP contribution < -0.4 is 10.1 Å². The van der Waals surface area contributed by atoms with Crippen molar-refractivity contribution in [2.24, 2.45) is 5.16 Å². The van der Waals surface area contributed by atoms with Gasteiger partial charge in [-0.15, -0.1) is 0 Å². The van der Waals surface area contributed by atoms with Crippen LogP contribution in [0.4, 0.5) is 9.59 Å². The molecule has 1 aromatic rings. The minimum Gasteiger partial charge on any atom is -0.409 e. The van der Waals surface area contributed by atoms with E-state index in [1.54, 1.807) is 0 Å². The van der Waals surface area contributed by atoms with Gasteiger partial charge in [0.25, 0.3) is 15.6 Å². The molecule has 0 saturated heterocycles. The van der Waals surface area contributed by atoms with Gasteiger partial charge in [-0.25, -0.2) is 14.4 Å². The van der Waals surface area contributed by atoms with Gasteiger partial charge in [0.1, 0.15) is 12.9 Å². The summed E-state index contributed by atoms with van der Waals surface area (Å²) in [7, 11) is 1.08. The number of amides is 4. The van der Waals surface area contributed by atoms with Crippen LogP contribution in [0.5, 0.6) is 5.75 Å². The van der Waals surface area contributed by atoms with Gasteiger partial charge in [-0.05, 0) is 12.1 Å². The van der Waals surface area contributed by atoms with Crippen LogP contribution >= 0.6 is 69.8 Å². The van der Waals surface area contributed by atoms with E-state index in [2.05, 4.69) is 14.7 Å². The monoisotopic (exact) mass is 569 g/mol. The zero-order valence-electron chi connectivity index (χ0n) is 15.3. The second-order valence-electron chi connectivity index (χ2n) is 5.07. The average molecular weight is 572 g/mol. The predicted octanol–water partition coefficient (Wildman–Crippen LogP) is 3.47. The summed E-state index contributed by atoms with van der Waals surface area (Å²) in [5, 5.41) is 4.93. The Hall–Kier alpha value is -2.02. The molecule has 0 unspecified atom stereocenters. The Balaban J connectivity index is 3.01. The van der Waals surface area contributed by atoms with Gasteiger partial charge < -0.3 is 14.3 Å². The third-order valence-electron chi connectivity index (χ3n) is 2.89. The zero-order chi connectivity index (χ0) is 24.6. The van der Waals surface area contributed by atoms with E-state index in [1.807, 2.05) is 0 Å². The lowest BCUT2D eigenvalue weighted by Gasteiger charge is -2.13. The van der Waals surface area contributed by atoms with Gasteiger partial charge in [-0.2, -0.15) is 4.42 Å². The summed E-state index contributed by atoms with van der Waals surface area (Å²) in [6.45, 7) is 0. The highest BCUT2D eigenvalue weighted by atomic mass is 35.6. The maximum atomic E-state index is 12.3. The topological polar surface area (TPSA) is 141 Å². The van der Waals surface area contributed by atoms with Gasteiger partial charge in [0.05, 0.1) is 0 Å². The third-order valence-corrected chi connectivity index (χ3v) is 4.08. The molecule has 4 amide bonds. The predicted molar refractivity (Wildman–Crippen MR) is 114 cm³/mol. The van der Waals surface area contributed by atoms with Crippen LogP contribution in [0.1, 0.15) is 5.56 Å². The number of benzene rings is 1. The number of nitrogens with one attached hydrogen (secondary N) is 1. The molecule has 0 aliphatic heterocycles. The number of oxime groups is 1. The second kappa shape index (κ2) is 12.3. The summed E-state index contributed by atoms with van der Waals surface area (Å²) in [6, 6.07) is 4.92. The molecule has 0 aliphatic carbocycles. The lowest BCUT2D eigenvalue weighted by atomic mass is 10.1. The number of alkyl carbamates (subject to hydrolysis) is 1.